The van der Waals surface area contributed by atoms with Crippen LogP contribution in [-0.4, -0.2) is 44.9 Å². The molecule has 3 amide bonds. The number of ether oxygens (including phenoxy) is 3. The number of benzene rings is 4. The highest BCUT2D eigenvalue weighted by Crippen LogP contribution is 2.34. The molecule has 0 aliphatic carbocycles. The van der Waals surface area contributed by atoms with E-state index < -0.39 is 23.9 Å². The number of rotatable bonds is 8. The van der Waals surface area contributed by atoms with E-state index in [-0.39, 0.29) is 12.2 Å². The van der Waals surface area contributed by atoms with E-state index in [0.29, 0.717) is 22.8 Å². The van der Waals surface area contributed by atoms with E-state index in [9.17, 15) is 14.4 Å². The normalized spacial score (nSPS) is 15.0. The van der Waals surface area contributed by atoms with Gasteiger partial charge in [-0.2, -0.15) is 5.10 Å². The maximum atomic E-state index is 12.6. The maximum absolute atomic E-state index is 12.6. The minimum absolute atomic E-state index is 0.263. The monoisotopic (exact) mass is 552 g/mol. The van der Waals surface area contributed by atoms with Gasteiger partial charge in [0, 0.05) is 11.3 Å². The molecule has 0 radical (unpaired) electrons. The molecule has 208 valence electrons. The second-order valence-electron chi connectivity index (χ2n) is 9.29. The smallest absolute Gasteiger partial charge is 0.337 e. The Morgan fingerprint density at radius 1 is 0.951 bits per heavy atom. The minimum Gasteiger partial charge on any atom is -0.493 e. The standard InChI is InChI=1S/C31H28N4O6/c1-18-28(30(37)40-3)29(34-31(38)33-18)21-12-13-25(26(15-21)39-2)41-17-27(36)35-32-16-24-22-10-6-4-8-19(22)14-20-9-5-7-11-23(20)24/h4-16,29H,17H2,1-3H3,(H,35,36)(H2,33,34,38)/b32-16-/t29-/m1/s1. The molecule has 1 heterocycles. The molecule has 0 aromatic heterocycles. The molecule has 0 fully saturated rings. The summed E-state index contributed by atoms with van der Waals surface area (Å²) in [6.07, 6.45) is 1.64. The summed E-state index contributed by atoms with van der Waals surface area (Å²) in [6.45, 7) is 1.30. The number of urea groups is 1. The van der Waals surface area contributed by atoms with Gasteiger partial charge in [-0.05, 0) is 52.2 Å². The summed E-state index contributed by atoms with van der Waals surface area (Å²) in [5.41, 5.74) is 4.64. The zero-order chi connectivity index (χ0) is 28.9. The van der Waals surface area contributed by atoms with Crippen molar-refractivity contribution >= 4 is 45.7 Å². The first kappa shape index (κ1) is 27.2. The van der Waals surface area contributed by atoms with Gasteiger partial charge in [0.15, 0.2) is 18.1 Å². The number of hydrazone groups is 1. The average molecular weight is 553 g/mol. The summed E-state index contributed by atoms with van der Waals surface area (Å²) in [6, 6.07) is 21.8. The van der Waals surface area contributed by atoms with Crippen molar-refractivity contribution in [2.45, 2.75) is 13.0 Å². The van der Waals surface area contributed by atoms with Crippen LogP contribution in [0.5, 0.6) is 11.5 Å². The van der Waals surface area contributed by atoms with Gasteiger partial charge in [0.25, 0.3) is 5.91 Å². The van der Waals surface area contributed by atoms with Gasteiger partial charge >= 0.3 is 12.0 Å². The summed E-state index contributed by atoms with van der Waals surface area (Å²) in [5.74, 6) is -0.422. The van der Waals surface area contributed by atoms with Crippen molar-refractivity contribution < 1.29 is 28.6 Å². The van der Waals surface area contributed by atoms with E-state index >= 15 is 0 Å². The molecule has 41 heavy (non-hydrogen) atoms. The molecule has 0 spiro atoms. The lowest BCUT2D eigenvalue weighted by atomic mass is 9.95. The van der Waals surface area contributed by atoms with Crippen molar-refractivity contribution in [1.82, 2.24) is 16.1 Å². The van der Waals surface area contributed by atoms with Crippen LogP contribution in [-0.2, 0) is 14.3 Å². The highest BCUT2D eigenvalue weighted by atomic mass is 16.5. The SMILES string of the molecule is COC(=O)C1=C(C)NC(=O)N[C@@H]1c1ccc(OCC(=O)N/N=C\c2c3ccccc3cc3ccccc23)c(OC)c1. The molecule has 5 rings (SSSR count). The Kier molecular flexibility index (Phi) is 7.82. The second-order valence-corrected chi connectivity index (χ2v) is 9.29. The molecule has 0 saturated carbocycles. The number of esters is 1. The largest absolute Gasteiger partial charge is 0.493 e. The first-order valence-corrected chi connectivity index (χ1v) is 12.8. The van der Waals surface area contributed by atoms with Gasteiger partial charge in [-0.1, -0.05) is 54.6 Å². The molecule has 4 aromatic carbocycles. The van der Waals surface area contributed by atoms with Crippen LogP contribution >= 0.6 is 0 Å². The highest BCUT2D eigenvalue weighted by molar-refractivity contribution is 6.13. The van der Waals surface area contributed by atoms with Gasteiger partial charge in [-0.3, -0.25) is 4.79 Å². The Morgan fingerprint density at radius 2 is 1.63 bits per heavy atom. The van der Waals surface area contributed by atoms with Gasteiger partial charge in [0.05, 0.1) is 32.0 Å². The number of hydrogen-bond acceptors (Lipinski definition) is 7. The number of nitrogens with zero attached hydrogens (tertiary/aromatic N) is 1. The second kappa shape index (κ2) is 11.8. The fraction of sp³-hybridized carbons (Fsp3) is 0.161. The van der Waals surface area contributed by atoms with Crippen LogP contribution in [0, 0.1) is 0 Å². The van der Waals surface area contributed by atoms with Gasteiger partial charge in [-0.25, -0.2) is 15.0 Å². The molecule has 1 aliphatic heterocycles. The average Bonchev–Trinajstić information content (AvgIpc) is 2.98. The lowest BCUT2D eigenvalue weighted by Gasteiger charge is -2.28. The third-order valence-electron chi connectivity index (χ3n) is 6.75. The predicted molar refractivity (Wildman–Crippen MR) is 155 cm³/mol. The summed E-state index contributed by atoms with van der Waals surface area (Å²) in [7, 11) is 2.72. The van der Waals surface area contributed by atoms with Crippen molar-refractivity contribution in [2.75, 3.05) is 20.8 Å². The van der Waals surface area contributed by atoms with Crippen LogP contribution in [0.3, 0.4) is 0 Å². The fourth-order valence-corrected chi connectivity index (χ4v) is 4.84. The molecule has 1 atom stereocenters. The van der Waals surface area contributed by atoms with E-state index in [2.05, 4.69) is 27.2 Å². The van der Waals surface area contributed by atoms with Crippen molar-refractivity contribution in [3.05, 3.63) is 95.2 Å². The molecule has 10 nitrogen and oxygen atoms in total. The Hall–Kier alpha value is -5.38. The Morgan fingerprint density at radius 3 is 2.29 bits per heavy atom. The number of methoxy groups -OCH3 is 2. The molecular formula is C31H28N4O6. The zero-order valence-electron chi connectivity index (χ0n) is 22.7. The number of hydrogen-bond donors (Lipinski definition) is 3. The van der Waals surface area contributed by atoms with Gasteiger partial charge in [0.2, 0.25) is 0 Å². The molecular weight excluding hydrogens is 524 g/mol. The topological polar surface area (TPSA) is 127 Å². The van der Waals surface area contributed by atoms with Crippen molar-refractivity contribution in [3.8, 4) is 11.5 Å². The van der Waals surface area contributed by atoms with E-state index in [4.69, 9.17) is 14.2 Å². The lowest BCUT2D eigenvalue weighted by molar-refractivity contribution is -0.136. The van der Waals surface area contributed by atoms with Crippen LogP contribution in [0.2, 0.25) is 0 Å². The van der Waals surface area contributed by atoms with Crippen molar-refractivity contribution in [2.24, 2.45) is 5.10 Å². The van der Waals surface area contributed by atoms with Gasteiger partial charge in [0.1, 0.15) is 0 Å². The Balaban J connectivity index is 1.29. The minimum atomic E-state index is -0.762. The number of carbonyl (C=O) groups is 3. The number of carbonyl (C=O) groups excluding carboxylic acids is 3. The molecule has 0 bridgehead atoms. The number of fused-ring (bicyclic) bond motifs is 2. The summed E-state index contributed by atoms with van der Waals surface area (Å²) >= 11 is 0. The molecule has 3 N–H and O–H groups in total. The number of allylic oxidation sites excluding steroid dienone is 1. The van der Waals surface area contributed by atoms with E-state index in [1.807, 2.05) is 48.5 Å². The molecule has 4 aromatic rings. The summed E-state index contributed by atoms with van der Waals surface area (Å²) < 4.78 is 16.1. The van der Waals surface area contributed by atoms with Crippen LogP contribution in [0.4, 0.5) is 4.79 Å². The third-order valence-corrected chi connectivity index (χ3v) is 6.75. The van der Waals surface area contributed by atoms with Crippen LogP contribution < -0.4 is 25.5 Å². The van der Waals surface area contributed by atoms with Gasteiger partial charge in [-0.15, -0.1) is 0 Å². The number of amides is 3. The highest BCUT2D eigenvalue weighted by Gasteiger charge is 2.32. The van der Waals surface area contributed by atoms with Crippen LogP contribution in [0.1, 0.15) is 24.1 Å². The lowest BCUT2D eigenvalue weighted by Crippen LogP contribution is -2.45. The van der Waals surface area contributed by atoms with E-state index in [1.165, 1.54) is 14.2 Å². The summed E-state index contributed by atoms with van der Waals surface area (Å²) in [4.78, 5) is 37.1. The van der Waals surface area contributed by atoms with E-state index in [0.717, 1.165) is 27.1 Å². The zero-order valence-corrected chi connectivity index (χ0v) is 22.7. The van der Waals surface area contributed by atoms with Gasteiger partial charge < -0.3 is 24.8 Å². The van der Waals surface area contributed by atoms with Crippen molar-refractivity contribution in [1.29, 1.82) is 0 Å². The summed E-state index contributed by atoms with van der Waals surface area (Å²) in [5, 5.41) is 13.7. The molecule has 1 aliphatic rings. The Labute approximate surface area is 236 Å². The first-order chi connectivity index (χ1) is 19.9. The first-order valence-electron chi connectivity index (χ1n) is 12.8. The third kappa shape index (κ3) is 5.67. The van der Waals surface area contributed by atoms with Crippen LogP contribution in [0.25, 0.3) is 21.5 Å². The quantitative estimate of drug-likeness (QED) is 0.129. The molecule has 0 unspecified atom stereocenters. The molecule has 0 saturated heterocycles. The maximum Gasteiger partial charge on any atom is 0.337 e. The molecule has 10 heteroatoms. The Bertz CT molecular complexity index is 1670. The van der Waals surface area contributed by atoms with Crippen molar-refractivity contribution in [3.63, 3.8) is 0 Å². The van der Waals surface area contributed by atoms with E-state index in [1.54, 1.807) is 31.3 Å². The predicted octanol–water partition coefficient (Wildman–Crippen LogP) is 4.33. The number of nitrogens with one attached hydrogen (secondary N) is 3. The van der Waals surface area contributed by atoms with Crippen LogP contribution in [0.15, 0.2) is 89.2 Å². The fourth-order valence-electron chi connectivity index (χ4n) is 4.84.